The first-order valence-corrected chi connectivity index (χ1v) is 6.63. The number of anilines is 1. The molecule has 2 rings (SSSR count). The highest BCUT2D eigenvalue weighted by atomic mass is 32.1. The Labute approximate surface area is 114 Å². The molecule has 0 spiro atoms. The summed E-state index contributed by atoms with van der Waals surface area (Å²) in [6.07, 6.45) is 7.61. The number of aryl methyl sites for hydroxylation is 1. The van der Waals surface area contributed by atoms with E-state index in [1.807, 2.05) is 6.07 Å². The maximum Gasteiger partial charge on any atom is 0.327 e. The van der Waals surface area contributed by atoms with Gasteiger partial charge in [-0.2, -0.15) is 0 Å². The van der Waals surface area contributed by atoms with Gasteiger partial charge in [0.05, 0.1) is 5.39 Å². The molecule has 19 heavy (non-hydrogen) atoms. The van der Waals surface area contributed by atoms with Crippen molar-refractivity contribution in [3.63, 3.8) is 0 Å². The SMILES string of the molecule is C#CCC(Nc1ncnc2sc(CC)cc12)C(=O)O. The van der Waals surface area contributed by atoms with Crippen molar-refractivity contribution < 1.29 is 9.90 Å². The second kappa shape index (κ2) is 5.67. The van der Waals surface area contributed by atoms with Crippen molar-refractivity contribution in [2.45, 2.75) is 25.8 Å². The Morgan fingerprint density at radius 1 is 1.63 bits per heavy atom. The van der Waals surface area contributed by atoms with E-state index >= 15 is 0 Å². The predicted octanol–water partition coefficient (Wildman–Crippen LogP) is 2.14. The van der Waals surface area contributed by atoms with Gasteiger partial charge in [-0.3, -0.25) is 0 Å². The summed E-state index contributed by atoms with van der Waals surface area (Å²) in [7, 11) is 0. The maximum absolute atomic E-state index is 11.1. The smallest absolute Gasteiger partial charge is 0.327 e. The fraction of sp³-hybridized carbons (Fsp3) is 0.308. The van der Waals surface area contributed by atoms with Crippen LogP contribution >= 0.6 is 11.3 Å². The van der Waals surface area contributed by atoms with E-state index < -0.39 is 12.0 Å². The van der Waals surface area contributed by atoms with Crippen LogP contribution in [0.5, 0.6) is 0 Å². The number of nitrogens with zero attached hydrogens (tertiary/aromatic N) is 2. The Morgan fingerprint density at radius 2 is 2.42 bits per heavy atom. The molecule has 0 saturated heterocycles. The van der Waals surface area contributed by atoms with Gasteiger partial charge in [0.2, 0.25) is 0 Å². The van der Waals surface area contributed by atoms with E-state index in [1.165, 1.54) is 11.2 Å². The van der Waals surface area contributed by atoms with Crippen LogP contribution in [-0.2, 0) is 11.2 Å². The van der Waals surface area contributed by atoms with Gasteiger partial charge in [-0.15, -0.1) is 23.7 Å². The minimum atomic E-state index is -0.990. The minimum absolute atomic E-state index is 0.103. The lowest BCUT2D eigenvalue weighted by Gasteiger charge is -2.12. The number of rotatable bonds is 5. The lowest BCUT2D eigenvalue weighted by molar-refractivity contribution is -0.137. The van der Waals surface area contributed by atoms with Crippen molar-refractivity contribution in [2.75, 3.05) is 5.32 Å². The Morgan fingerprint density at radius 3 is 3.05 bits per heavy atom. The lowest BCUT2D eigenvalue weighted by atomic mass is 10.2. The van der Waals surface area contributed by atoms with E-state index in [9.17, 15) is 4.79 Å². The van der Waals surface area contributed by atoms with Gasteiger partial charge in [0.1, 0.15) is 23.0 Å². The summed E-state index contributed by atoms with van der Waals surface area (Å²) >= 11 is 1.58. The van der Waals surface area contributed by atoms with Crippen LogP contribution in [0.15, 0.2) is 12.4 Å². The Hall–Kier alpha value is -2.13. The summed E-state index contributed by atoms with van der Waals surface area (Å²) < 4.78 is 0. The largest absolute Gasteiger partial charge is 0.480 e. The van der Waals surface area contributed by atoms with Crippen molar-refractivity contribution in [1.82, 2.24) is 9.97 Å². The molecular weight excluding hydrogens is 262 g/mol. The molecule has 2 aromatic heterocycles. The van der Waals surface area contributed by atoms with E-state index in [2.05, 4.69) is 28.1 Å². The molecule has 98 valence electrons. The van der Waals surface area contributed by atoms with Gasteiger partial charge in [-0.1, -0.05) is 6.92 Å². The molecule has 5 nitrogen and oxygen atoms in total. The first-order valence-electron chi connectivity index (χ1n) is 5.82. The summed E-state index contributed by atoms with van der Waals surface area (Å²) in [4.78, 5) is 21.4. The second-order valence-electron chi connectivity index (χ2n) is 3.95. The number of hydrogen-bond acceptors (Lipinski definition) is 5. The summed E-state index contributed by atoms with van der Waals surface area (Å²) in [5.41, 5.74) is 0. The van der Waals surface area contributed by atoms with Gasteiger partial charge in [0.25, 0.3) is 0 Å². The highest BCUT2D eigenvalue weighted by Crippen LogP contribution is 2.28. The standard InChI is InChI=1S/C13H13N3O2S/c1-3-5-10(13(17)18)16-11-9-6-8(4-2)19-12(9)15-7-14-11/h1,6-7,10H,4-5H2,2H3,(H,17,18)(H,14,15,16). The third-order valence-electron chi connectivity index (χ3n) is 2.66. The Bertz CT molecular complexity index is 645. The van der Waals surface area contributed by atoms with Gasteiger partial charge < -0.3 is 10.4 Å². The maximum atomic E-state index is 11.1. The highest BCUT2D eigenvalue weighted by molar-refractivity contribution is 7.18. The third-order valence-corrected chi connectivity index (χ3v) is 3.85. The molecule has 0 fully saturated rings. The van der Waals surface area contributed by atoms with Gasteiger partial charge in [0.15, 0.2) is 0 Å². The van der Waals surface area contributed by atoms with E-state index in [1.54, 1.807) is 11.3 Å². The number of carboxylic acids is 1. The molecule has 0 aliphatic rings. The van der Waals surface area contributed by atoms with Crippen molar-refractivity contribution in [3.05, 3.63) is 17.3 Å². The number of fused-ring (bicyclic) bond motifs is 1. The molecule has 0 radical (unpaired) electrons. The molecule has 0 aromatic carbocycles. The van der Waals surface area contributed by atoms with Crippen LogP contribution in [0.25, 0.3) is 10.2 Å². The number of hydrogen-bond donors (Lipinski definition) is 2. The Balaban J connectivity index is 2.36. The third kappa shape index (κ3) is 2.83. The molecule has 2 N–H and O–H groups in total. The fourth-order valence-electron chi connectivity index (χ4n) is 1.68. The van der Waals surface area contributed by atoms with Crippen LogP contribution in [-0.4, -0.2) is 27.1 Å². The van der Waals surface area contributed by atoms with Gasteiger partial charge in [-0.05, 0) is 12.5 Å². The van der Waals surface area contributed by atoms with E-state index in [-0.39, 0.29) is 6.42 Å². The van der Waals surface area contributed by atoms with Gasteiger partial charge in [-0.25, -0.2) is 14.8 Å². The molecule has 2 aromatic rings. The summed E-state index contributed by atoms with van der Waals surface area (Å²) in [6.45, 7) is 2.06. The lowest BCUT2D eigenvalue weighted by Crippen LogP contribution is -2.29. The van der Waals surface area contributed by atoms with E-state index in [0.29, 0.717) is 5.82 Å². The molecule has 6 heteroatoms. The molecular formula is C13H13N3O2S. The van der Waals surface area contributed by atoms with Crippen molar-refractivity contribution in [3.8, 4) is 12.3 Å². The molecule has 0 aliphatic heterocycles. The normalized spacial score (nSPS) is 12.0. The number of aliphatic carboxylic acids is 1. The zero-order valence-corrected chi connectivity index (χ0v) is 11.2. The topological polar surface area (TPSA) is 75.1 Å². The zero-order chi connectivity index (χ0) is 13.8. The molecule has 0 saturated carbocycles. The zero-order valence-electron chi connectivity index (χ0n) is 10.4. The number of nitrogens with one attached hydrogen (secondary N) is 1. The first-order chi connectivity index (χ1) is 9.15. The summed E-state index contributed by atoms with van der Waals surface area (Å²) in [5, 5.41) is 12.8. The van der Waals surface area contributed by atoms with Crippen LogP contribution in [0.3, 0.4) is 0 Å². The predicted molar refractivity (Wildman–Crippen MR) is 75.3 cm³/mol. The fourth-order valence-corrected chi connectivity index (χ4v) is 2.61. The van der Waals surface area contributed by atoms with E-state index in [4.69, 9.17) is 11.5 Å². The minimum Gasteiger partial charge on any atom is -0.480 e. The molecule has 0 bridgehead atoms. The number of aromatic nitrogens is 2. The highest BCUT2D eigenvalue weighted by Gasteiger charge is 2.18. The Kier molecular flexibility index (Phi) is 3.97. The molecule has 0 aliphatic carbocycles. The van der Waals surface area contributed by atoms with Crippen LogP contribution in [0.1, 0.15) is 18.2 Å². The summed E-state index contributed by atoms with van der Waals surface area (Å²) in [6, 6.07) is 1.14. The number of carboxylic acid groups (broad SMARTS) is 1. The van der Waals surface area contributed by atoms with Crippen molar-refractivity contribution in [1.29, 1.82) is 0 Å². The summed E-state index contributed by atoms with van der Waals surface area (Å²) in [5.74, 6) is 1.88. The van der Waals surface area contributed by atoms with E-state index in [0.717, 1.165) is 16.6 Å². The average Bonchev–Trinajstić information content (AvgIpc) is 2.82. The number of terminal acetylenes is 1. The second-order valence-corrected chi connectivity index (χ2v) is 5.07. The van der Waals surface area contributed by atoms with Crippen molar-refractivity contribution in [2.24, 2.45) is 0 Å². The van der Waals surface area contributed by atoms with Crippen LogP contribution < -0.4 is 5.32 Å². The molecule has 1 atom stereocenters. The van der Waals surface area contributed by atoms with Gasteiger partial charge >= 0.3 is 5.97 Å². The molecule has 2 heterocycles. The van der Waals surface area contributed by atoms with Gasteiger partial charge in [0, 0.05) is 11.3 Å². The van der Waals surface area contributed by atoms with Crippen molar-refractivity contribution >= 4 is 33.3 Å². The number of thiophene rings is 1. The number of carbonyl (C=O) groups is 1. The first kappa shape index (κ1) is 13.3. The van der Waals surface area contributed by atoms with Crippen LogP contribution in [0.4, 0.5) is 5.82 Å². The van der Waals surface area contributed by atoms with Crippen LogP contribution in [0, 0.1) is 12.3 Å². The average molecular weight is 275 g/mol. The quantitative estimate of drug-likeness (QED) is 0.818. The molecule has 0 amide bonds. The van der Waals surface area contributed by atoms with Crippen LogP contribution in [0.2, 0.25) is 0 Å². The molecule has 1 unspecified atom stereocenters. The monoisotopic (exact) mass is 275 g/mol.